The monoisotopic (exact) mass is 774 g/mol. The maximum Gasteiger partial charge on any atom is 0.136 e. The van der Waals surface area contributed by atoms with Crippen LogP contribution in [-0.2, 0) is 0 Å². The van der Waals surface area contributed by atoms with Gasteiger partial charge in [-0.2, -0.15) is 0 Å². The maximum atomic E-state index is 6.38. The van der Waals surface area contributed by atoms with E-state index < -0.39 is 0 Å². The average Bonchev–Trinajstić information content (AvgIpc) is 3.12. The van der Waals surface area contributed by atoms with Gasteiger partial charge in [-0.25, -0.2) is 0 Å². The van der Waals surface area contributed by atoms with Crippen LogP contribution in [0.25, 0.3) is 21.8 Å². The molecule has 0 aliphatic rings. The Morgan fingerprint density at radius 2 is 1.08 bits per heavy atom. The van der Waals surface area contributed by atoms with Gasteiger partial charge in [0.1, 0.15) is 11.5 Å². The minimum atomic E-state index is 0.706. The van der Waals surface area contributed by atoms with Gasteiger partial charge in [0.05, 0.1) is 33.4 Å². The lowest BCUT2D eigenvalue weighted by molar-refractivity contribution is 0.294. The molecule has 4 aromatic rings. The summed E-state index contributed by atoms with van der Waals surface area (Å²) in [5.41, 5.74) is 3.56. The maximum absolute atomic E-state index is 6.38. The summed E-state index contributed by atoms with van der Waals surface area (Å²) < 4.78 is 13.8. The summed E-state index contributed by atoms with van der Waals surface area (Å²) in [6.07, 6.45) is 29.9. The van der Waals surface area contributed by atoms with Gasteiger partial charge in [0.2, 0.25) is 0 Å². The molecule has 49 heavy (non-hydrogen) atoms. The molecular formula is C44H59IN2O2. The van der Waals surface area contributed by atoms with Gasteiger partial charge in [-0.1, -0.05) is 159 Å². The third-order valence-corrected chi connectivity index (χ3v) is 10.2. The number of hydrogen-bond acceptors (Lipinski definition) is 4. The Morgan fingerprint density at radius 1 is 0.551 bits per heavy atom. The zero-order chi connectivity index (χ0) is 34.4. The standard InChI is InChI=1S/C44H59IN2O2/c1-3-5-7-9-11-13-15-17-19-21-30-48-41-34-40(45)42(49-31-22-20-18-16-14-12-10-8-6-4-2)33-38(41)26-25-36-32-39-28-27-37-24-23-29-46-43(37)44(39)47-35-36/h23-24,27-29,32-35H,3-22,30-31H2,1-2H3. The van der Waals surface area contributed by atoms with Gasteiger partial charge in [-0.3, -0.25) is 9.97 Å². The highest BCUT2D eigenvalue weighted by Crippen LogP contribution is 2.31. The van der Waals surface area contributed by atoms with Crippen LogP contribution in [0.5, 0.6) is 11.5 Å². The first kappa shape index (κ1) is 38.9. The first-order valence-electron chi connectivity index (χ1n) is 19.4. The molecule has 0 bridgehead atoms. The van der Waals surface area contributed by atoms with E-state index in [-0.39, 0.29) is 0 Å². The van der Waals surface area contributed by atoms with Crippen LogP contribution < -0.4 is 9.47 Å². The van der Waals surface area contributed by atoms with Crippen molar-refractivity contribution in [2.24, 2.45) is 0 Å². The van der Waals surface area contributed by atoms with E-state index >= 15 is 0 Å². The van der Waals surface area contributed by atoms with Gasteiger partial charge in [0, 0.05) is 34.8 Å². The Balaban J connectivity index is 1.34. The Hall–Kier alpha value is -2.85. The number of rotatable bonds is 24. The van der Waals surface area contributed by atoms with Crippen LogP contribution >= 0.6 is 22.6 Å². The van der Waals surface area contributed by atoms with Crippen molar-refractivity contribution in [3.05, 3.63) is 69.6 Å². The number of nitrogens with zero attached hydrogens (tertiary/aromatic N) is 2. The number of ether oxygens (including phenoxy) is 2. The van der Waals surface area contributed by atoms with Crippen LogP contribution in [-0.4, -0.2) is 23.2 Å². The van der Waals surface area contributed by atoms with Gasteiger partial charge in [0.25, 0.3) is 0 Å². The highest BCUT2D eigenvalue weighted by Gasteiger charge is 2.11. The molecule has 0 saturated heterocycles. The molecule has 264 valence electrons. The van der Waals surface area contributed by atoms with E-state index in [1.54, 1.807) is 0 Å². The van der Waals surface area contributed by atoms with E-state index in [0.717, 1.165) is 67.5 Å². The molecule has 0 spiro atoms. The first-order chi connectivity index (χ1) is 24.2. The Morgan fingerprint density at radius 3 is 1.69 bits per heavy atom. The third-order valence-electron chi connectivity index (χ3n) is 9.31. The molecule has 0 fully saturated rings. The van der Waals surface area contributed by atoms with Crippen molar-refractivity contribution in [1.29, 1.82) is 0 Å². The summed E-state index contributed by atoms with van der Waals surface area (Å²) in [7, 11) is 0. The molecule has 2 heterocycles. The van der Waals surface area contributed by atoms with Crippen LogP contribution in [0.15, 0.2) is 54.9 Å². The number of pyridine rings is 2. The van der Waals surface area contributed by atoms with Crippen molar-refractivity contribution in [1.82, 2.24) is 9.97 Å². The molecule has 4 rings (SSSR count). The van der Waals surface area contributed by atoms with E-state index in [0.29, 0.717) is 6.61 Å². The van der Waals surface area contributed by atoms with Crippen molar-refractivity contribution in [3.8, 4) is 23.3 Å². The summed E-state index contributed by atoms with van der Waals surface area (Å²) in [6, 6.07) is 14.5. The zero-order valence-electron chi connectivity index (χ0n) is 30.3. The van der Waals surface area contributed by atoms with Crippen molar-refractivity contribution in [3.63, 3.8) is 0 Å². The molecule has 2 aromatic heterocycles. The van der Waals surface area contributed by atoms with E-state index in [2.05, 4.69) is 89.7 Å². The third kappa shape index (κ3) is 14.1. The molecule has 0 N–H and O–H groups in total. The molecule has 0 aliphatic heterocycles. The highest BCUT2D eigenvalue weighted by molar-refractivity contribution is 14.1. The van der Waals surface area contributed by atoms with E-state index in [1.165, 1.54) is 116 Å². The number of aromatic nitrogens is 2. The van der Waals surface area contributed by atoms with Gasteiger partial charge in [0.15, 0.2) is 0 Å². The number of fused-ring (bicyclic) bond motifs is 3. The average molecular weight is 775 g/mol. The van der Waals surface area contributed by atoms with Crippen LogP contribution in [0.3, 0.4) is 0 Å². The van der Waals surface area contributed by atoms with Crippen molar-refractivity contribution < 1.29 is 9.47 Å². The topological polar surface area (TPSA) is 44.2 Å². The molecular weight excluding hydrogens is 715 g/mol. The van der Waals surface area contributed by atoms with Crippen molar-refractivity contribution in [2.75, 3.05) is 13.2 Å². The summed E-state index contributed by atoms with van der Waals surface area (Å²) in [4.78, 5) is 9.32. The minimum Gasteiger partial charge on any atom is -0.492 e. The summed E-state index contributed by atoms with van der Waals surface area (Å²) in [6.45, 7) is 6.00. The molecule has 5 heteroatoms. The number of halogens is 1. The van der Waals surface area contributed by atoms with Gasteiger partial charge >= 0.3 is 0 Å². The lowest BCUT2D eigenvalue weighted by Crippen LogP contribution is -2.03. The lowest BCUT2D eigenvalue weighted by Gasteiger charge is -2.13. The molecule has 2 aromatic carbocycles. The molecule has 0 amide bonds. The predicted octanol–water partition coefficient (Wildman–Crippen LogP) is 13.4. The van der Waals surface area contributed by atoms with Crippen molar-refractivity contribution >= 4 is 44.4 Å². The van der Waals surface area contributed by atoms with Crippen molar-refractivity contribution in [2.45, 2.75) is 142 Å². The summed E-state index contributed by atoms with van der Waals surface area (Å²) in [5, 5.41) is 2.13. The fraction of sp³-hybridized carbons (Fsp3) is 0.545. The largest absolute Gasteiger partial charge is 0.492 e. The number of unbranched alkanes of at least 4 members (excludes halogenated alkanes) is 18. The molecule has 0 atom stereocenters. The Labute approximate surface area is 310 Å². The zero-order valence-corrected chi connectivity index (χ0v) is 32.5. The Bertz CT molecular complexity index is 1590. The van der Waals surface area contributed by atoms with E-state index in [4.69, 9.17) is 14.5 Å². The molecule has 0 unspecified atom stereocenters. The number of hydrogen-bond donors (Lipinski definition) is 0. The Kier molecular flexibility index (Phi) is 18.7. The molecule has 0 radical (unpaired) electrons. The second-order valence-corrected chi connectivity index (χ2v) is 14.7. The highest BCUT2D eigenvalue weighted by atomic mass is 127. The van der Waals surface area contributed by atoms with Crippen LogP contribution in [0, 0.1) is 15.4 Å². The fourth-order valence-electron chi connectivity index (χ4n) is 6.35. The fourth-order valence-corrected chi connectivity index (χ4v) is 6.94. The molecule has 4 nitrogen and oxygen atoms in total. The van der Waals surface area contributed by atoms with E-state index in [9.17, 15) is 0 Å². The lowest BCUT2D eigenvalue weighted by atomic mass is 10.1. The molecule has 0 aliphatic carbocycles. The SMILES string of the molecule is CCCCCCCCCCCCOc1cc(C#Cc2cnc3c(ccc4cccnc43)c2)c(OCCCCCCCCCCCC)cc1I. The summed E-state index contributed by atoms with van der Waals surface area (Å²) >= 11 is 2.38. The van der Waals surface area contributed by atoms with E-state index in [1.807, 2.05) is 18.5 Å². The van der Waals surface area contributed by atoms with Gasteiger partial charge < -0.3 is 9.47 Å². The van der Waals surface area contributed by atoms with Gasteiger partial charge in [-0.15, -0.1) is 0 Å². The minimum absolute atomic E-state index is 0.706. The first-order valence-corrected chi connectivity index (χ1v) is 20.5. The summed E-state index contributed by atoms with van der Waals surface area (Å²) in [5.74, 6) is 8.52. The normalized spacial score (nSPS) is 11.2. The van der Waals surface area contributed by atoms with Crippen LogP contribution in [0.1, 0.15) is 153 Å². The van der Waals surface area contributed by atoms with Gasteiger partial charge in [-0.05, 0) is 53.6 Å². The smallest absolute Gasteiger partial charge is 0.136 e. The quantitative estimate of drug-likeness (QED) is 0.0308. The van der Waals surface area contributed by atoms with Crippen LogP contribution in [0.4, 0.5) is 0 Å². The second-order valence-electron chi connectivity index (χ2n) is 13.5. The van der Waals surface area contributed by atoms with Crippen LogP contribution in [0.2, 0.25) is 0 Å². The molecule has 0 saturated carbocycles. The second kappa shape index (κ2) is 23.5. The number of benzene rings is 2. The predicted molar refractivity (Wildman–Crippen MR) is 217 cm³/mol.